The van der Waals surface area contributed by atoms with Crippen molar-refractivity contribution in [3.8, 4) is 11.5 Å². The van der Waals surface area contributed by atoms with E-state index in [1.807, 2.05) is 52.0 Å². The highest BCUT2D eigenvalue weighted by molar-refractivity contribution is 5.97. The number of ether oxygens (including phenoxy) is 2. The molecule has 1 aromatic carbocycles. The molecule has 1 heterocycles. The van der Waals surface area contributed by atoms with Crippen molar-refractivity contribution in [2.75, 3.05) is 13.7 Å². The molecule has 0 saturated heterocycles. The van der Waals surface area contributed by atoms with Crippen LogP contribution in [0.3, 0.4) is 0 Å². The second kappa shape index (κ2) is 9.56. The van der Waals surface area contributed by atoms with Crippen LogP contribution < -0.4 is 9.47 Å². The van der Waals surface area contributed by atoms with E-state index in [0.717, 1.165) is 33.9 Å². The van der Waals surface area contributed by atoms with E-state index in [9.17, 15) is 0 Å². The summed E-state index contributed by atoms with van der Waals surface area (Å²) < 4.78 is 11.6. The van der Waals surface area contributed by atoms with Crippen LogP contribution in [0.2, 0.25) is 0 Å². The van der Waals surface area contributed by atoms with E-state index in [0.29, 0.717) is 19.0 Å². The summed E-state index contributed by atoms with van der Waals surface area (Å²) in [5.41, 5.74) is 3.56. The van der Waals surface area contributed by atoms with Crippen LogP contribution in [-0.2, 0) is 11.4 Å². The minimum absolute atomic E-state index is 0.293. The summed E-state index contributed by atoms with van der Waals surface area (Å²) in [4.78, 5) is 13.4. The van der Waals surface area contributed by atoms with Crippen LogP contribution in [0.4, 0.5) is 0 Å². The van der Waals surface area contributed by atoms with E-state index < -0.39 is 0 Å². The van der Waals surface area contributed by atoms with E-state index in [-0.39, 0.29) is 0 Å². The Bertz CT molecular complexity index is 760. The fraction of sp³-hybridized carbons (Fsp3) is 0.350. The van der Waals surface area contributed by atoms with E-state index in [2.05, 4.69) is 15.1 Å². The van der Waals surface area contributed by atoms with Gasteiger partial charge < -0.3 is 14.3 Å². The molecule has 0 atom stereocenters. The molecule has 0 bridgehead atoms. The predicted molar refractivity (Wildman–Crippen MR) is 102 cm³/mol. The Hall–Kier alpha value is -2.89. The Morgan fingerprint density at radius 2 is 1.77 bits per heavy atom. The largest absolute Gasteiger partial charge is 0.490 e. The highest BCUT2D eigenvalue weighted by atomic mass is 16.6. The van der Waals surface area contributed by atoms with Crippen molar-refractivity contribution < 1.29 is 14.3 Å². The van der Waals surface area contributed by atoms with Gasteiger partial charge in [0.25, 0.3) is 0 Å². The lowest BCUT2D eigenvalue weighted by Crippen LogP contribution is -2.06. The van der Waals surface area contributed by atoms with Gasteiger partial charge in [-0.15, -0.1) is 0 Å². The average molecular weight is 355 g/mol. The predicted octanol–water partition coefficient (Wildman–Crippen LogP) is 4.00. The molecule has 2 rings (SSSR count). The maximum atomic E-state index is 5.93. The highest BCUT2D eigenvalue weighted by Crippen LogP contribution is 2.29. The number of nitrogens with zero attached hydrogens (tertiary/aromatic N) is 3. The summed E-state index contributed by atoms with van der Waals surface area (Å²) in [7, 11) is 1.51. The number of rotatable bonds is 8. The summed E-state index contributed by atoms with van der Waals surface area (Å²) in [6.07, 6.45) is 7.35. The molecule has 0 amide bonds. The third-order valence-corrected chi connectivity index (χ3v) is 3.71. The first-order valence-corrected chi connectivity index (χ1v) is 8.42. The Kier molecular flexibility index (Phi) is 7.14. The van der Waals surface area contributed by atoms with Gasteiger partial charge >= 0.3 is 0 Å². The zero-order valence-corrected chi connectivity index (χ0v) is 15.9. The molecule has 6 nitrogen and oxygen atoms in total. The number of aromatic nitrogens is 2. The number of allylic oxidation sites excluding steroid dienone is 1. The molecular weight excluding hydrogens is 330 g/mol. The van der Waals surface area contributed by atoms with Crippen molar-refractivity contribution in [3.05, 3.63) is 59.2 Å². The number of benzene rings is 1. The standard InChI is InChI=1S/C20H25N3O3/c1-6-7-8-25-18-9-14(2)20(15(3)10-18)26-13-19-21-11-17(12-22-19)16(4)23-24-5/h6-7,9-12H,8,13H2,1-5H3/b7-6+,23-16+. The first-order chi connectivity index (χ1) is 12.5. The van der Waals surface area contributed by atoms with Crippen molar-refractivity contribution in [3.63, 3.8) is 0 Å². The molecule has 2 aromatic rings. The second-order valence-electron chi connectivity index (χ2n) is 5.80. The summed E-state index contributed by atoms with van der Waals surface area (Å²) in [5, 5.41) is 3.87. The molecule has 26 heavy (non-hydrogen) atoms. The molecular formula is C20H25N3O3. The van der Waals surface area contributed by atoms with E-state index >= 15 is 0 Å². The minimum Gasteiger partial charge on any atom is -0.490 e. The van der Waals surface area contributed by atoms with E-state index in [1.54, 1.807) is 12.4 Å². The molecule has 0 fully saturated rings. The Morgan fingerprint density at radius 3 is 2.35 bits per heavy atom. The van der Waals surface area contributed by atoms with Crippen LogP contribution in [-0.4, -0.2) is 29.4 Å². The van der Waals surface area contributed by atoms with Crippen LogP contribution in [0.15, 0.2) is 41.8 Å². The fourth-order valence-corrected chi connectivity index (χ4v) is 2.40. The number of aryl methyl sites for hydroxylation is 2. The maximum Gasteiger partial charge on any atom is 0.166 e. The van der Waals surface area contributed by atoms with Gasteiger partial charge in [-0.25, -0.2) is 9.97 Å². The molecule has 0 N–H and O–H groups in total. The average Bonchev–Trinajstić information content (AvgIpc) is 2.62. The molecule has 138 valence electrons. The lowest BCUT2D eigenvalue weighted by Gasteiger charge is -2.14. The Balaban J connectivity index is 2.04. The first kappa shape index (κ1) is 19.4. The van der Waals surface area contributed by atoms with Gasteiger partial charge in [0.2, 0.25) is 0 Å². The lowest BCUT2D eigenvalue weighted by atomic mass is 10.1. The molecule has 0 radical (unpaired) electrons. The molecule has 6 heteroatoms. The van der Waals surface area contributed by atoms with Gasteiger partial charge in [-0.2, -0.15) is 0 Å². The van der Waals surface area contributed by atoms with Crippen LogP contribution in [0.25, 0.3) is 0 Å². The third-order valence-electron chi connectivity index (χ3n) is 3.71. The Morgan fingerprint density at radius 1 is 1.12 bits per heavy atom. The minimum atomic E-state index is 0.293. The van der Waals surface area contributed by atoms with Gasteiger partial charge in [-0.1, -0.05) is 17.3 Å². The fourth-order valence-electron chi connectivity index (χ4n) is 2.40. The van der Waals surface area contributed by atoms with Crippen LogP contribution in [0, 0.1) is 13.8 Å². The second-order valence-corrected chi connectivity index (χ2v) is 5.80. The van der Waals surface area contributed by atoms with Gasteiger partial charge in [-0.3, -0.25) is 0 Å². The number of hydrogen-bond acceptors (Lipinski definition) is 6. The number of oxime groups is 1. The van der Waals surface area contributed by atoms with Crippen molar-refractivity contribution >= 4 is 5.71 Å². The van der Waals surface area contributed by atoms with E-state index in [1.165, 1.54) is 7.11 Å². The van der Waals surface area contributed by atoms with E-state index in [4.69, 9.17) is 14.3 Å². The van der Waals surface area contributed by atoms with Gasteiger partial charge in [0.15, 0.2) is 5.82 Å². The van der Waals surface area contributed by atoms with Gasteiger partial charge in [0.1, 0.15) is 31.8 Å². The van der Waals surface area contributed by atoms with Gasteiger partial charge in [0.05, 0.1) is 5.71 Å². The van der Waals surface area contributed by atoms with Crippen molar-refractivity contribution in [2.24, 2.45) is 5.16 Å². The molecule has 0 aliphatic carbocycles. The monoisotopic (exact) mass is 355 g/mol. The summed E-state index contributed by atoms with van der Waals surface area (Å²) in [5.74, 6) is 2.26. The van der Waals surface area contributed by atoms with Gasteiger partial charge in [-0.05, 0) is 51.0 Å². The summed E-state index contributed by atoms with van der Waals surface area (Å²) in [6, 6.07) is 3.95. The molecule has 0 spiro atoms. The first-order valence-electron chi connectivity index (χ1n) is 8.42. The number of hydrogen-bond donors (Lipinski definition) is 0. The van der Waals surface area contributed by atoms with Crippen molar-refractivity contribution in [1.29, 1.82) is 0 Å². The summed E-state index contributed by atoms with van der Waals surface area (Å²) >= 11 is 0. The smallest absolute Gasteiger partial charge is 0.166 e. The van der Waals surface area contributed by atoms with Crippen molar-refractivity contribution in [1.82, 2.24) is 9.97 Å². The quantitative estimate of drug-likeness (QED) is 0.407. The Labute approximate surface area is 154 Å². The lowest BCUT2D eigenvalue weighted by molar-refractivity contribution is 0.213. The SMILES string of the molecule is C/C=C/COc1cc(C)c(OCc2ncc(/C(C)=N/OC)cn2)c(C)c1. The van der Waals surface area contributed by atoms with Gasteiger partial charge in [0, 0.05) is 18.0 Å². The third kappa shape index (κ3) is 5.31. The molecule has 0 aliphatic rings. The molecule has 0 aliphatic heterocycles. The normalized spacial score (nSPS) is 11.7. The maximum absolute atomic E-state index is 5.93. The molecule has 0 unspecified atom stereocenters. The summed E-state index contributed by atoms with van der Waals surface area (Å²) in [6.45, 7) is 8.66. The molecule has 1 aromatic heterocycles. The van der Waals surface area contributed by atoms with Crippen molar-refractivity contribution in [2.45, 2.75) is 34.3 Å². The van der Waals surface area contributed by atoms with Crippen LogP contribution >= 0.6 is 0 Å². The molecule has 0 saturated carbocycles. The van der Waals surface area contributed by atoms with Crippen LogP contribution in [0.1, 0.15) is 36.4 Å². The zero-order valence-electron chi connectivity index (χ0n) is 15.9. The topological polar surface area (TPSA) is 65.8 Å². The van der Waals surface area contributed by atoms with Crippen LogP contribution in [0.5, 0.6) is 11.5 Å². The highest BCUT2D eigenvalue weighted by Gasteiger charge is 2.09. The zero-order chi connectivity index (χ0) is 18.9.